The largest absolute Gasteiger partial charge is 0.434 e. The lowest BCUT2D eigenvalue weighted by Crippen LogP contribution is -2.45. The smallest absolute Gasteiger partial charge is 0.396 e. The van der Waals surface area contributed by atoms with Crippen LogP contribution in [0, 0.1) is 5.92 Å². The summed E-state index contributed by atoms with van der Waals surface area (Å²) in [6, 6.07) is 5.47. The second-order valence-electron chi connectivity index (χ2n) is 8.48. The molecule has 0 atom stereocenters. The van der Waals surface area contributed by atoms with Crippen LogP contribution in [0.3, 0.4) is 0 Å². The summed E-state index contributed by atoms with van der Waals surface area (Å²) in [5.41, 5.74) is 7.55. The minimum atomic E-state index is -4.49. The second-order valence-corrected chi connectivity index (χ2v) is 8.91. The monoisotopic (exact) mass is 478 g/mol. The van der Waals surface area contributed by atoms with Crippen molar-refractivity contribution in [1.29, 1.82) is 0 Å². The number of carbonyl (C=O) groups is 1. The number of anilines is 2. The van der Waals surface area contributed by atoms with Crippen LogP contribution in [0.4, 0.5) is 24.5 Å². The van der Waals surface area contributed by atoms with Crippen molar-refractivity contribution in [2.45, 2.75) is 32.1 Å². The van der Waals surface area contributed by atoms with Crippen LogP contribution < -0.4 is 10.6 Å². The molecule has 5 rings (SSSR count). The molecule has 0 unspecified atom stereocenters. The van der Waals surface area contributed by atoms with E-state index in [4.69, 9.17) is 17.3 Å². The molecule has 1 saturated heterocycles. The number of hydrogen-bond acceptors (Lipinski definition) is 5. The Balaban J connectivity index is 1.28. The van der Waals surface area contributed by atoms with Crippen molar-refractivity contribution < 1.29 is 18.0 Å². The van der Waals surface area contributed by atoms with Crippen LogP contribution in [0.25, 0.3) is 10.9 Å². The molecule has 4 heterocycles. The SMILES string of the molecule is Nc1cnc2ccc(Cl)cc2c1N1CCC(C(=O)N2CCn3cc(C(F)(F)F)nc3C2)CC1. The minimum Gasteiger partial charge on any atom is -0.396 e. The van der Waals surface area contributed by atoms with E-state index >= 15 is 0 Å². The van der Waals surface area contributed by atoms with Gasteiger partial charge in [-0.1, -0.05) is 11.6 Å². The Hall–Kier alpha value is -3.01. The fourth-order valence-electron chi connectivity index (χ4n) is 4.70. The summed E-state index contributed by atoms with van der Waals surface area (Å²) in [5.74, 6) is 0.0445. The highest BCUT2D eigenvalue weighted by Crippen LogP contribution is 2.36. The highest BCUT2D eigenvalue weighted by molar-refractivity contribution is 6.31. The molecule has 1 amide bonds. The van der Waals surface area contributed by atoms with Crippen LogP contribution in [-0.4, -0.2) is 45.0 Å². The normalized spacial score (nSPS) is 17.5. The van der Waals surface area contributed by atoms with Crippen LogP contribution in [0.15, 0.2) is 30.6 Å². The van der Waals surface area contributed by atoms with E-state index < -0.39 is 11.9 Å². The first-order valence-electron chi connectivity index (χ1n) is 10.7. The van der Waals surface area contributed by atoms with Gasteiger partial charge in [0.1, 0.15) is 5.82 Å². The van der Waals surface area contributed by atoms with Gasteiger partial charge >= 0.3 is 6.18 Å². The van der Waals surface area contributed by atoms with E-state index in [9.17, 15) is 18.0 Å². The van der Waals surface area contributed by atoms with E-state index in [-0.39, 0.29) is 24.2 Å². The Morgan fingerprint density at radius 2 is 1.91 bits per heavy atom. The van der Waals surface area contributed by atoms with Gasteiger partial charge in [0.15, 0.2) is 5.69 Å². The topological polar surface area (TPSA) is 80.3 Å². The lowest BCUT2D eigenvalue weighted by Gasteiger charge is -2.37. The quantitative estimate of drug-likeness (QED) is 0.603. The predicted octanol–water partition coefficient (Wildman–Crippen LogP) is 3.94. The van der Waals surface area contributed by atoms with Gasteiger partial charge in [-0.3, -0.25) is 9.78 Å². The number of halogens is 4. The number of alkyl halides is 3. The zero-order valence-corrected chi connectivity index (χ0v) is 18.4. The number of hydrogen-bond donors (Lipinski definition) is 1. The number of imidazole rings is 1. The molecule has 0 radical (unpaired) electrons. The predicted molar refractivity (Wildman–Crippen MR) is 119 cm³/mol. The van der Waals surface area contributed by atoms with Crippen molar-refractivity contribution in [3.8, 4) is 0 Å². The highest BCUT2D eigenvalue weighted by atomic mass is 35.5. The third-order valence-electron chi connectivity index (χ3n) is 6.39. The third kappa shape index (κ3) is 4.07. The number of nitrogen functional groups attached to an aromatic ring is 1. The molecule has 33 heavy (non-hydrogen) atoms. The van der Waals surface area contributed by atoms with Crippen molar-refractivity contribution in [3.05, 3.63) is 47.1 Å². The Labute approximate surface area is 192 Å². The van der Waals surface area contributed by atoms with E-state index in [0.29, 0.717) is 49.7 Å². The molecule has 0 aliphatic carbocycles. The average Bonchev–Trinajstić information content (AvgIpc) is 3.23. The molecule has 0 bridgehead atoms. The fourth-order valence-corrected chi connectivity index (χ4v) is 4.88. The maximum atomic E-state index is 13.1. The van der Waals surface area contributed by atoms with Crippen LogP contribution in [0.2, 0.25) is 5.02 Å². The van der Waals surface area contributed by atoms with Crippen LogP contribution >= 0.6 is 11.6 Å². The Morgan fingerprint density at radius 3 is 2.64 bits per heavy atom. The maximum Gasteiger partial charge on any atom is 0.434 e. The number of benzene rings is 1. The summed E-state index contributed by atoms with van der Waals surface area (Å²) >= 11 is 6.19. The van der Waals surface area contributed by atoms with Gasteiger partial charge in [0.2, 0.25) is 5.91 Å². The zero-order valence-electron chi connectivity index (χ0n) is 17.6. The third-order valence-corrected chi connectivity index (χ3v) is 6.63. The van der Waals surface area contributed by atoms with Gasteiger partial charge in [-0.2, -0.15) is 13.2 Å². The molecule has 7 nitrogen and oxygen atoms in total. The van der Waals surface area contributed by atoms with Crippen LogP contribution in [0.5, 0.6) is 0 Å². The first-order valence-corrected chi connectivity index (χ1v) is 11.1. The lowest BCUT2D eigenvalue weighted by atomic mass is 9.94. The number of aromatic nitrogens is 3. The van der Waals surface area contributed by atoms with Crippen molar-refractivity contribution in [2.75, 3.05) is 30.3 Å². The number of nitrogens with two attached hydrogens (primary N) is 1. The van der Waals surface area contributed by atoms with Crippen molar-refractivity contribution in [3.63, 3.8) is 0 Å². The van der Waals surface area contributed by atoms with Crippen LogP contribution in [0.1, 0.15) is 24.4 Å². The molecule has 174 valence electrons. The van der Waals surface area contributed by atoms with Gasteiger partial charge in [-0.05, 0) is 31.0 Å². The zero-order chi connectivity index (χ0) is 23.3. The molecule has 0 spiro atoms. The van der Waals surface area contributed by atoms with Gasteiger partial charge in [0.25, 0.3) is 0 Å². The van der Waals surface area contributed by atoms with E-state index in [1.54, 1.807) is 17.2 Å². The summed E-state index contributed by atoms with van der Waals surface area (Å²) in [5, 5.41) is 1.47. The Kier molecular flexibility index (Phi) is 5.35. The Morgan fingerprint density at radius 1 is 1.15 bits per heavy atom. The first kappa shape index (κ1) is 21.8. The van der Waals surface area contributed by atoms with E-state index in [1.807, 2.05) is 12.1 Å². The summed E-state index contributed by atoms with van der Waals surface area (Å²) in [6.45, 7) is 2.04. The second kappa shape index (κ2) is 8.09. The fraction of sp³-hybridized carbons (Fsp3) is 0.409. The standard InChI is InChI=1S/C22H22ClF3N6O/c23-14-1-2-17-15(9-14)20(16(27)10-28-17)30-5-3-13(4-6-30)21(33)32-8-7-31-11-18(22(24,25)26)29-19(31)12-32/h1-2,9-11,13H,3-8,12,27H2. The number of carbonyl (C=O) groups excluding carboxylic acids is 1. The minimum absolute atomic E-state index is 0.0342. The molecule has 1 aromatic carbocycles. The number of piperidine rings is 1. The number of pyridine rings is 1. The first-order chi connectivity index (χ1) is 15.7. The lowest BCUT2D eigenvalue weighted by molar-refractivity contribution is -0.141. The molecule has 2 aromatic heterocycles. The van der Waals surface area contributed by atoms with E-state index in [0.717, 1.165) is 22.8 Å². The van der Waals surface area contributed by atoms with Gasteiger partial charge in [-0.25, -0.2) is 4.98 Å². The number of amides is 1. The summed E-state index contributed by atoms with van der Waals surface area (Å²) in [4.78, 5) is 25.0. The highest BCUT2D eigenvalue weighted by Gasteiger charge is 2.37. The number of nitrogens with zero attached hydrogens (tertiary/aromatic N) is 5. The molecular weight excluding hydrogens is 457 g/mol. The van der Waals surface area contributed by atoms with Gasteiger partial charge < -0.3 is 20.1 Å². The molecule has 2 aliphatic rings. The van der Waals surface area contributed by atoms with Crippen molar-refractivity contribution in [2.24, 2.45) is 5.92 Å². The maximum absolute atomic E-state index is 13.1. The molecular formula is C22H22ClF3N6O. The van der Waals surface area contributed by atoms with E-state index in [2.05, 4.69) is 14.9 Å². The number of rotatable bonds is 2. The molecule has 2 aliphatic heterocycles. The summed E-state index contributed by atoms with van der Waals surface area (Å²) < 4.78 is 40.4. The Bertz CT molecular complexity index is 1210. The van der Waals surface area contributed by atoms with Crippen LogP contribution in [-0.2, 0) is 24.1 Å². The van der Waals surface area contributed by atoms with Gasteiger partial charge in [0.05, 0.1) is 29.6 Å². The average molecular weight is 479 g/mol. The molecule has 11 heteroatoms. The van der Waals surface area contributed by atoms with Crippen molar-refractivity contribution in [1.82, 2.24) is 19.4 Å². The molecule has 0 saturated carbocycles. The summed E-state index contributed by atoms with van der Waals surface area (Å²) in [6.07, 6.45) is -0.586. The molecule has 2 N–H and O–H groups in total. The molecule has 1 fully saturated rings. The van der Waals surface area contributed by atoms with E-state index in [1.165, 1.54) is 4.57 Å². The summed E-state index contributed by atoms with van der Waals surface area (Å²) in [7, 11) is 0. The number of fused-ring (bicyclic) bond motifs is 2. The van der Waals surface area contributed by atoms with Gasteiger partial charge in [0, 0.05) is 48.7 Å². The molecule has 3 aromatic rings. The van der Waals surface area contributed by atoms with Gasteiger partial charge in [-0.15, -0.1) is 0 Å². The van der Waals surface area contributed by atoms with Crippen molar-refractivity contribution >= 4 is 39.8 Å².